The van der Waals surface area contributed by atoms with Gasteiger partial charge in [-0.2, -0.15) is 0 Å². The molecule has 0 amide bonds. The fourth-order valence-electron chi connectivity index (χ4n) is 3.99. The van der Waals surface area contributed by atoms with Crippen LogP contribution in [0.1, 0.15) is 0 Å². The second-order valence-electron chi connectivity index (χ2n) is 7.65. The van der Waals surface area contributed by atoms with Gasteiger partial charge in [0.15, 0.2) is 5.76 Å². The van der Waals surface area contributed by atoms with Crippen LogP contribution in [0.4, 0.5) is 0 Å². The molecule has 0 saturated carbocycles. The number of phenolic OH excluding ortho intramolecular Hbond substituents is 1. The number of fused-ring (bicyclic) bond motifs is 1. The summed E-state index contributed by atoms with van der Waals surface area (Å²) in [5.74, 6) is 2.07. The van der Waals surface area contributed by atoms with E-state index in [0.717, 1.165) is 43.0 Å². The number of hydrogen-bond donors (Lipinski definition) is 1. The first kappa shape index (κ1) is 22.1. The fourth-order valence-corrected chi connectivity index (χ4v) is 4.95. The van der Waals surface area contributed by atoms with Crippen molar-refractivity contribution in [2.45, 2.75) is 0 Å². The Kier molecular flexibility index (Phi) is 5.79. The molecule has 5 aromatic rings. The zero-order valence-electron chi connectivity index (χ0n) is 18.4. The van der Waals surface area contributed by atoms with Crippen molar-refractivity contribution in [2.24, 2.45) is 0 Å². The Hall–Kier alpha value is -3.72. The van der Waals surface area contributed by atoms with Crippen molar-refractivity contribution >= 4 is 28.1 Å². The van der Waals surface area contributed by atoms with E-state index < -0.39 is 5.63 Å². The molecule has 3 aromatic carbocycles. The molecule has 170 valence electrons. The largest absolute Gasteiger partial charge is 0.508 e. The van der Waals surface area contributed by atoms with Gasteiger partial charge in [-0.25, -0.2) is 4.79 Å². The molecule has 2 aromatic heterocycles. The van der Waals surface area contributed by atoms with Gasteiger partial charge in [-0.15, -0.1) is 0 Å². The summed E-state index contributed by atoms with van der Waals surface area (Å²) in [6.07, 6.45) is 1.83. The maximum Gasteiger partial charge on any atom is 0.361 e. The lowest BCUT2D eigenvalue weighted by molar-refractivity contribution is 0.414. The molecule has 0 spiro atoms. The number of benzene rings is 3. The van der Waals surface area contributed by atoms with Crippen molar-refractivity contribution in [3.05, 3.63) is 93.1 Å². The smallest absolute Gasteiger partial charge is 0.361 e. The monoisotopic (exact) mass is 565 g/mol. The average molecular weight is 565 g/mol. The second kappa shape index (κ2) is 8.90. The molecule has 2 heterocycles. The number of rotatable bonds is 5. The number of phenols is 1. The molecular weight excluding hydrogens is 545 g/mol. The van der Waals surface area contributed by atoms with E-state index in [1.165, 1.54) is 0 Å². The van der Waals surface area contributed by atoms with E-state index in [2.05, 4.69) is 22.6 Å². The minimum absolute atomic E-state index is 0.176. The average Bonchev–Trinajstić information content (AvgIpc) is 3.17. The third-order valence-electron chi connectivity index (χ3n) is 5.70. The molecule has 7 heteroatoms. The van der Waals surface area contributed by atoms with Crippen molar-refractivity contribution in [3.8, 4) is 50.8 Å². The van der Waals surface area contributed by atoms with Gasteiger partial charge in [0.05, 0.1) is 24.1 Å². The number of aromatic hydroxyl groups is 1. The van der Waals surface area contributed by atoms with Crippen molar-refractivity contribution in [1.29, 1.82) is 0 Å². The molecule has 5 rings (SSSR count). The van der Waals surface area contributed by atoms with Crippen LogP contribution >= 0.6 is 22.6 Å². The molecule has 0 aliphatic rings. The van der Waals surface area contributed by atoms with Crippen LogP contribution in [0.2, 0.25) is 0 Å². The molecule has 0 radical (unpaired) electrons. The van der Waals surface area contributed by atoms with Crippen molar-refractivity contribution in [1.82, 2.24) is 4.40 Å². The Bertz CT molecular complexity index is 1530. The molecule has 0 saturated heterocycles. The first-order valence-electron chi connectivity index (χ1n) is 10.5. The maximum atomic E-state index is 13.4. The predicted molar refractivity (Wildman–Crippen MR) is 140 cm³/mol. The van der Waals surface area contributed by atoms with Crippen LogP contribution in [0.5, 0.6) is 17.2 Å². The molecule has 1 N–H and O–H groups in total. The van der Waals surface area contributed by atoms with E-state index in [1.54, 1.807) is 26.4 Å². The summed E-state index contributed by atoms with van der Waals surface area (Å²) in [7, 11) is 3.22. The van der Waals surface area contributed by atoms with E-state index in [-0.39, 0.29) is 5.75 Å². The molecule has 0 bridgehead atoms. The van der Waals surface area contributed by atoms with Gasteiger partial charge in [0.25, 0.3) is 0 Å². The third kappa shape index (κ3) is 3.81. The van der Waals surface area contributed by atoms with E-state index >= 15 is 0 Å². The summed E-state index contributed by atoms with van der Waals surface area (Å²) < 4.78 is 19.1. The van der Waals surface area contributed by atoms with Crippen molar-refractivity contribution in [2.75, 3.05) is 14.2 Å². The Morgan fingerprint density at radius 1 is 0.765 bits per heavy atom. The summed E-state index contributed by atoms with van der Waals surface area (Å²) in [5, 5.41) is 9.81. The maximum absolute atomic E-state index is 13.4. The molecular formula is C27H20INO5. The minimum atomic E-state index is -0.443. The van der Waals surface area contributed by atoms with E-state index in [1.807, 2.05) is 71.3 Å². The first-order chi connectivity index (χ1) is 16.5. The van der Waals surface area contributed by atoms with Crippen LogP contribution in [-0.4, -0.2) is 23.7 Å². The molecule has 0 unspecified atom stereocenters. The number of halogens is 1. The van der Waals surface area contributed by atoms with Gasteiger partial charge >= 0.3 is 5.63 Å². The zero-order valence-corrected chi connectivity index (χ0v) is 20.6. The quantitative estimate of drug-likeness (QED) is 0.256. The van der Waals surface area contributed by atoms with Gasteiger partial charge in [-0.3, -0.25) is 0 Å². The zero-order chi connectivity index (χ0) is 23.8. The Balaban J connectivity index is 1.80. The third-order valence-corrected chi connectivity index (χ3v) is 6.76. The Morgan fingerprint density at radius 2 is 1.26 bits per heavy atom. The number of ether oxygens (including phenoxy) is 2. The predicted octanol–water partition coefficient (Wildman–Crippen LogP) is 6.22. The molecule has 34 heavy (non-hydrogen) atoms. The van der Waals surface area contributed by atoms with E-state index in [9.17, 15) is 9.90 Å². The number of aromatic nitrogens is 1. The summed E-state index contributed by atoms with van der Waals surface area (Å²) in [6.45, 7) is 0. The van der Waals surface area contributed by atoms with Gasteiger partial charge in [-0.1, -0.05) is 24.3 Å². The fraction of sp³-hybridized carbons (Fsp3) is 0.0741. The normalized spacial score (nSPS) is 11.0. The van der Waals surface area contributed by atoms with Gasteiger partial charge in [-0.05, 0) is 82.2 Å². The molecule has 0 aliphatic carbocycles. The lowest BCUT2D eigenvalue weighted by Gasteiger charge is -2.07. The summed E-state index contributed by atoms with van der Waals surface area (Å²) in [5.41, 5.74) is 4.13. The molecule has 0 fully saturated rings. The molecule has 6 nitrogen and oxygen atoms in total. The van der Waals surface area contributed by atoms with Gasteiger partial charge < -0.3 is 23.4 Å². The van der Waals surface area contributed by atoms with Crippen LogP contribution < -0.4 is 15.1 Å². The molecule has 0 atom stereocenters. The number of nitrogens with zero attached hydrogens (tertiary/aromatic N) is 1. The van der Waals surface area contributed by atoms with Crippen LogP contribution in [0, 0.1) is 3.70 Å². The highest BCUT2D eigenvalue weighted by Crippen LogP contribution is 2.41. The van der Waals surface area contributed by atoms with Crippen LogP contribution in [-0.2, 0) is 0 Å². The Morgan fingerprint density at radius 3 is 1.82 bits per heavy atom. The first-order valence-corrected chi connectivity index (χ1v) is 11.5. The van der Waals surface area contributed by atoms with Gasteiger partial charge in [0.1, 0.15) is 22.8 Å². The highest BCUT2D eigenvalue weighted by atomic mass is 127. The number of methoxy groups -OCH3 is 2. The standard InChI is InChI=1S/C27H20INO5/c1-32-20-11-5-16(6-12-20)22-15-29-25(27(31)34-22)23(17-7-13-21(33-2)14-8-17)24(26(29)28)18-3-9-19(30)10-4-18/h3-15,30H,1-2H3. The minimum Gasteiger partial charge on any atom is -0.508 e. The summed E-state index contributed by atoms with van der Waals surface area (Å²) >= 11 is 2.25. The highest BCUT2D eigenvalue weighted by molar-refractivity contribution is 14.1. The van der Waals surface area contributed by atoms with Crippen LogP contribution in [0.25, 0.3) is 39.1 Å². The van der Waals surface area contributed by atoms with Gasteiger partial charge in [0.2, 0.25) is 0 Å². The summed E-state index contributed by atoms with van der Waals surface area (Å²) in [6, 6.07) is 21.9. The SMILES string of the molecule is COc1ccc(-c2cn3c(I)c(-c4ccc(O)cc4)c(-c4ccc(OC)cc4)c3c(=O)o2)cc1. The lowest BCUT2D eigenvalue weighted by atomic mass is 9.97. The van der Waals surface area contributed by atoms with E-state index in [0.29, 0.717) is 11.3 Å². The topological polar surface area (TPSA) is 73.3 Å². The van der Waals surface area contributed by atoms with Crippen LogP contribution in [0.15, 0.2) is 88.2 Å². The van der Waals surface area contributed by atoms with Crippen LogP contribution in [0.3, 0.4) is 0 Å². The van der Waals surface area contributed by atoms with Crippen molar-refractivity contribution < 1.29 is 19.0 Å². The van der Waals surface area contributed by atoms with E-state index in [4.69, 9.17) is 13.9 Å². The number of hydrogen-bond acceptors (Lipinski definition) is 5. The highest BCUT2D eigenvalue weighted by Gasteiger charge is 2.24. The van der Waals surface area contributed by atoms with Gasteiger partial charge in [0, 0.05) is 16.7 Å². The second-order valence-corrected chi connectivity index (χ2v) is 8.67. The molecule has 0 aliphatic heterocycles. The lowest BCUT2D eigenvalue weighted by Crippen LogP contribution is -2.06. The Labute approximate surface area is 209 Å². The summed E-state index contributed by atoms with van der Waals surface area (Å²) in [4.78, 5) is 13.4. The van der Waals surface area contributed by atoms with Crippen molar-refractivity contribution in [3.63, 3.8) is 0 Å².